The molecule has 3 aromatic rings. The molecule has 2 aliphatic heterocycles. The van der Waals surface area contributed by atoms with Crippen molar-refractivity contribution in [1.29, 1.82) is 0 Å². The van der Waals surface area contributed by atoms with E-state index in [-0.39, 0.29) is 23.8 Å². The fourth-order valence-corrected chi connectivity index (χ4v) is 6.61. The van der Waals surface area contributed by atoms with E-state index in [1.165, 1.54) is 5.56 Å². The number of fused-ring (bicyclic) bond motifs is 1. The molecule has 5 rings (SSSR count). The summed E-state index contributed by atoms with van der Waals surface area (Å²) in [6.07, 6.45) is 3.12. The molecule has 0 bridgehead atoms. The molecule has 0 spiro atoms. The summed E-state index contributed by atoms with van der Waals surface area (Å²) in [5, 5.41) is 2.05. The summed E-state index contributed by atoms with van der Waals surface area (Å²) >= 11 is 1.64. The van der Waals surface area contributed by atoms with Gasteiger partial charge in [0.05, 0.1) is 12.0 Å². The molecule has 2 amide bonds. The van der Waals surface area contributed by atoms with E-state index in [9.17, 15) is 9.59 Å². The highest BCUT2D eigenvalue weighted by atomic mass is 32.1. The van der Waals surface area contributed by atoms with Gasteiger partial charge in [-0.25, -0.2) is 0 Å². The van der Waals surface area contributed by atoms with Crippen molar-refractivity contribution in [2.24, 2.45) is 11.8 Å². The van der Waals surface area contributed by atoms with Crippen LogP contribution < -0.4 is 0 Å². The van der Waals surface area contributed by atoms with E-state index in [0.717, 1.165) is 42.8 Å². The molecule has 1 aromatic heterocycles. The average Bonchev–Trinajstić information content (AvgIpc) is 3.41. The van der Waals surface area contributed by atoms with Crippen LogP contribution in [0.25, 0.3) is 0 Å². The molecule has 5 heteroatoms. The van der Waals surface area contributed by atoms with Crippen LogP contribution in [0.5, 0.6) is 0 Å². The summed E-state index contributed by atoms with van der Waals surface area (Å²) in [5.41, 5.74) is 2.93. The predicted octanol–water partition coefficient (Wildman–Crippen LogP) is 6.17. The zero-order chi connectivity index (χ0) is 24.4. The van der Waals surface area contributed by atoms with E-state index < -0.39 is 0 Å². The third kappa shape index (κ3) is 4.92. The third-order valence-corrected chi connectivity index (χ3v) is 8.34. The Hall–Kier alpha value is -2.92. The number of likely N-dealkylation sites (tertiary alicyclic amines) is 1. The van der Waals surface area contributed by atoms with E-state index in [4.69, 9.17) is 0 Å². The Labute approximate surface area is 212 Å². The average molecular weight is 487 g/mol. The van der Waals surface area contributed by atoms with Gasteiger partial charge in [-0.05, 0) is 59.7 Å². The fraction of sp³-hybridized carbons (Fsp3) is 0.400. The summed E-state index contributed by atoms with van der Waals surface area (Å²) in [7, 11) is 0. The van der Waals surface area contributed by atoms with Crippen LogP contribution in [0.15, 0.2) is 72.1 Å². The summed E-state index contributed by atoms with van der Waals surface area (Å²) in [5.74, 6) is 0.754. The second-order valence-corrected chi connectivity index (χ2v) is 11.3. The van der Waals surface area contributed by atoms with E-state index in [0.29, 0.717) is 23.9 Å². The number of benzene rings is 2. The zero-order valence-electron chi connectivity index (χ0n) is 20.6. The van der Waals surface area contributed by atoms with Crippen LogP contribution in [0, 0.1) is 11.8 Å². The van der Waals surface area contributed by atoms with Crippen molar-refractivity contribution in [3.8, 4) is 0 Å². The predicted molar refractivity (Wildman–Crippen MR) is 142 cm³/mol. The van der Waals surface area contributed by atoms with Crippen LogP contribution in [0.1, 0.15) is 65.0 Å². The Morgan fingerprint density at radius 2 is 1.69 bits per heavy atom. The van der Waals surface area contributed by atoms with Gasteiger partial charge in [-0.3, -0.25) is 9.59 Å². The molecule has 3 heterocycles. The number of amides is 2. The van der Waals surface area contributed by atoms with Crippen LogP contribution in [0.4, 0.5) is 0 Å². The highest BCUT2D eigenvalue weighted by molar-refractivity contribution is 7.10. The third-order valence-electron chi connectivity index (χ3n) is 7.39. The molecule has 0 saturated carbocycles. The van der Waals surface area contributed by atoms with Crippen molar-refractivity contribution in [3.05, 3.63) is 93.7 Å². The minimum absolute atomic E-state index is 0.0401. The van der Waals surface area contributed by atoms with E-state index in [1.54, 1.807) is 11.3 Å². The minimum Gasteiger partial charge on any atom is -0.342 e. The summed E-state index contributed by atoms with van der Waals surface area (Å²) < 4.78 is 0. The molecule has 35 heavy (non-hydrogen) atoms. The number of hydrogen-bond acceptors (Lipinski definition) is 3. The highest BCUT2D eigenvalue weighted by Crippen LogP contribution is 2.45. The second kappa shape index (κ2) is 10.4. The molecule has 182 valence electrons. The quantitative estimate of drug-likeness (QED) is 0.418. The summed E-state index contributed by atoms with van der Waals surface area (Å²) in [4.78, 5) is 33.0. The van der Waals surface area contributed by atoms with Gasteiger partial charge in [0.1, 0.15) is 0 Å². The van der Waals surface area contributed by atoms with Gasteiger partial charge < -0.3 is 9.80 Å². The number of carbonyl (C=O) groups is 2. The molecule has 0 aliphatic carbocycles. The zero-order valence-corrected chi connectivity index (χ0v) is 21.4. The molecule has 1 fully saturated rings. The first-order chi connectivity index (χ1) is 17.0. The molecule has 0 radical (unpaired) electrons. The number of piperidine rings is 1. The SMILES string of the molecule is CC(C)CN1C(=O)c2ccccc2[C@@H](C(=O)N2CCC(Cc3ccccc3)CC2)[C@@H]1c1cccs1. The lowest BCUT2D eigenvalue weighted by atomic mass is 9.80. The van der Waals surface area contributed by atoms with Crippen molar-refractivity contribution in [2.75, 3.05) is 19.6 Å². The first kappa shape index (κ1) is 23.8. The Balaban J connectivity index is 1.42. The maximum Gasteiger partial charge on any atom is 0.254 e. The molecule has 1 saturated heterocycles. The lowest BCUT2D eigenvalue weighted by molar-refractivity contribution is -0.136. The first-order valence-electron chi connectivity index (χ1n) is 12.8. The van der Waals surface area contributed by atoms with Gasteiger partial charge in [0.2, 0.25) is 5.91 Å². The molecule has 0 N–H and O–H groups in total. The first-order valence-corrected chi connectivity index (χ1v) is 13.7. The number of nitrogens with zero attached hydrogens (tertiary/aromatic N) is 2. The van der Waals surface area contributed by atoms with Crippen LogP contribution in [-0.4, -0.2) is 41.2 Å². The van der Waals surface area contributed by atoms with Gasteiger partial charge in [0.15, 0.2) is 0 Å². The van der Waals surface area contributed by atoms with Gasteiger partial charge in [0.25, 0.3) is 5.91 Å². The molecule has 2 aliphatic rings. The fourth-order valence-electron chi connectivity index (χ4n) is 5.73. The van der Waals surface area contributed by atoms with Crippen LogP contribution in [-0.2, 0) is 11.2 Å². The molecular weight excluding hydrogens is 452 g/mol. The second-order valence-electron chi connectivity index (χ2n) is 10.3. The van der Waals surface area contributed by atoms with E-state index in [2.05, 4.69) is 55.1 Å². The number of thiophene rings is 1. The van der Waals surface area contributed by atoms with Crippen molar-refractivity contribution in [1.82, 2.24) is 9.80 Å². The number of rotatable bonds is 6. The standard InChI is InChI=1S/C30H34N2O2S/c1-21(2)20-32-28(26-13-8-18-35-26)27(24-11-6-7-12-25(24)29(32)33)30(34)31-16-14-23(15-17-31)19-22-9-4-3-5-10-22/h3-13,18,21,23,27-28H,14-17,19-20H2,1-2H3/t27-,28+/m1/s1. The topological polar surface area (TPSA) is 40.6 Å². The Kier molecular flexibility index (Phi) is 7.05. The molecule has 2 aromatic carbocycles. The lowest BCUT2D eigenvalue weighted by Crippen LogP contribution is -2.50. The molecule has 2 atom stereocenters. The Bertz CT molecular complexity index is 1150. The van der Waals surface area contributed by atoms with Crippen LogP contribution in [0.3, 0.4) is 0 Å². The van der Waals surface area contributed by atoms with Crippen molar-refractivity contribution < 1.29 is 9.59 Å². The monoisotopic (exact) mass is 486 g/mol. The van der Waals surface area contributed by atoms with Crippen molar-refractivity contribution >= 4 is 23.2 Å². The normalized spacial score (nSPS) is 20.8. The van der Waals surface area contributed by atoms with Crippen LogP contribution >= 0.6 is 11.3 Å². The van der Waals surface area contributed by atoms with Crippen LogP contribution in [0.2, 0.25) is 0 Å². The van der Waals surface area contributed by atoms with Gasteiger partial charge in [-0.1, -0.05) is 68.4 Å². The smallest absolute Gasteiger partial charge is 0.254 e. The van der Waals surface area contributed by atoms with Crippen molar-refractivity contribution in [3.63, 3.8) is 0 Å². The largest absolute Gasteiger partial charge is 0.342 e. The van der Waals surface area contributed by atoms with E-state index >= 15 is 0 Å². The maximum absolute atomic E-state index is 14.2. The van der Waals surface area contributed by atoms with Crippen molar-refractivity contribution in [2.45, 2.75) is 45.1 Å². The Morgan fingerprint density at radius 1 is 0.971 bits per heavy atom. The highest BCUT2D eigenvalue weighted by Gasteiger charge is 2.46. The molecular formula is C30H34N2O2S. The minimum atomic E-state index is -0.369. The van der Waals surface area contributed by atoms with E-state index in [1.807, 2.05) is 40.6 Å². The van der Waals surface area contributed by atoms with Gasteiger partial charge >= 0.3 is 0 Å². The number of carbonyl (C=O) groups excluding carboxylic acids is 2. The van der Waals surface area contributed by atoms with Gasteiger partial charge in [-0.2, -0.15) is 0 Å². The maximum atomic E-state index is 14.2. The lowest BCUT2D eigenvalue weighted by Gasteiger charge is -2.44. The van der Waals surface area contributed by atoms with Gasteiger partial charge in [0, 0.05) is 30.1 Å². The van der Waals surface area contributed by atoms with Gasteiger partial charge in [-0.15, -0.1) is 11.3 Å². The number of hydrogen-bond donors (Lipinski definition) is 0. The molecule has 4 nitrogen and oxygen atoms in total. The molecule has 0 unspecified atom stereocenters. The Morgan fingerprint density at radius 3 is 2.37 bits per heavy atom. The summed E-state index contributed by atoms with van der Waals surface area (Å²) in [6.45, 7) is 6.47. The summed E-state index contributed by atoms with van der Waals surface area (Å²) in [6, 6.07) is 22.3.